The standard InChI is InChI=1S/C26H35N3O/c1-17(2)19-10-12-20(13-11-19)27-25-28-24-22(8-7-9-23(24)30-6)29(25)21-14-18(3)15-26(4,5)16-21/h7-13,17-18,21H,14-16H2,1-6H3,(H,27,28). The minimum atomic E-state index is 0.327. The Balaban J connectivity index is 1.79. The molecule has 1 aromatic heterocycles. The molecule has 1 saturated carbocycles. The van der Waals surface area contributed by atoms with Crippen LogP contribution in [0.15, 0.2) is 42.5 Å². The molecule has 3 aromatic rings. The lowest BCUT2D eigenvalue weighted by atomic mass is 9.70. The van der Waals surface area contributed by atoms with E-state index in [0.717, 1.165) is 34.8 Å². The number of para-hydroxylation sites is 1. The fraction of sp³-hybridized carbons (Fsp3) is 0.500. The third-order valence-corrected chi connectivity index (χ3v) is 6.47. The Labute approximate surface area is 180 Å². The van der Waals surface area contributed by atoms with Crippen molar-refractivity contribution in [1.29, 1.82) is 0 Å². The Morgan fingerprint density at radius 3 is 2.47 bits per heavy atom. The Bertz CT molecular complexity index is 1020. The topological polar surface area (TPSA) is 39.1 Å². The molecule has 1 fully saturated rings. The highest BCUT2D eigenvalue weighted by Crippen LogP contribution is 2.46. The summed E-state index contributed by atoms with van der Waals surface area (Å²) in [5, 5.41) is 3.62. The lowest BCUT2D eigenvalue weighted by Gasteiger charge is -2.40. The van der Waals surface area contributed by atoms with Gasteiger partial charge in [0.25, 0.3) is 0 Å². The van der Waals surface area contributed by atoms with Crippen LogP contribution in [0, 0.1) is 11.3 Å². The monoisotopic (exact) mass is 405 g/mol. The molecule has 2 aromatic carbocycles. The van der Waals surface area contributed by atoms with Gasteiger partial charge in [-0.25, -0.2) is 4.98 Å². The quantitative estimate of drug-likeness (QED) is 0.484. The summed E-state index contributed by atoms with van der Waals surface area (Å²) in [4.78, 5) is 5.01. The van der Waals surface area contributed by atoms with Crippen LogP contribution < -0.4 is 10.1 Å². The first-order valence-corrected chi connectivity index (χ1v) is 11.2. The van der Waals surface area contributed by atoms with Crippen molar-refractivity contribution in [2.24, 2.45) is 11.3 Å². The van der Waals surface area contributed by atoms with E-state index in [1.54, 1.807) is 7.11 Å². The largest absolute Gasteiger partial charge is 0.494 e. The highest BCUT2D eigenvalue weighted by atomic mass is 16.5. The second kappa shape index (κ2) is 7.98. The Kier molecular flexibility index (Phi) is 5.52. The fourth-order valence-corrected chi connectivity index (χ4v) is 5.29. The van der Waals surface area contributed by atoms with Crippen molar-refractivity contribution in [3.8, 4) is 5.75 Å². The molecule has 4 rings (SSSR count). The third-order valence-electron chi connectivity index (χ3n) is 6.47. The third kappa shape index (κ3) is 4.05. The van der Waals surface area contributed by atoms with Gasteiger partial charge < -0.3 is 14.6 Å². The van der Waals surface area contributed by atoms with Gasteiger partial charge in [0.1, 0.15) is 11.3 Å². The predicted molar refractivity (Wildman–Crippen MR) is 126 cm³/mol. The molecule has 1 heterocycles. The molecule has 1 aliphatic carbocycles. The van der Waals surface area contributed by atoms with Crippen molar-refractivity contribution >= 4 is 22.7 Å². The molecule has 0 radical (unpaired) electrons. The number of imidazole rings is 1. The number of fused-ring (bicyclic) bond motifs is 1. The zero-order chi connectivity index (χ0) is 21.5. The molecule has 0 saturated heterocycles. The molecule has 0 amide bonds. The smallest absolute Gasteiger partial charge is 0.208 e. The highest BCUT2D eigenvalue weighted by Gasteiger charge is 2.35. The lowest BCUT2D eigenvalue weighted by Crippen LogP contribution is -2.29. The summed E-state index contributed by atoms with van der Waals surface area (Å²) in [5.41, 5.74) is 4.81. The second-order valence-corrected chi connectivity index (χ2v) is 10.1. The van der Waals surface area contributed by atoms with E-state index in [1.165, 1.54) is 18.4 Å². The van der Waals surface area contributed by atoms with Crippen molar-refractivity contribution in [3.05, 3.63) is 48.0 Å². The van der Waals surface area contributed by atoms with Gasteiger partial charge in [0.15, 0.2) is 0 Å². The molecule has 2 atom stereocenters. The molecular weight excluding hydrogens is 370 g/mol. The van der Waals surface area contributed by atoms with E-state index in [1.807, 2.05) is 6.07 Å². The second-order valence-electron chi connectivity index (χ2n) is 10.1. The molecule has 4 heteroatoms. The lowest BCUT2D eigenvalue weighted by molar-refractivity contribution is 0.140. The van der Waals surface area contributed by atoms with Crippen LogP contribution in [0.5, 0.6) is 5.75 Å². The molecule has 1 aliphatic rings. The van der Waals surface area contributed by atoms with Crippen molar-refractivity contribution < 1.29 is 4.74 Å². The van der Waals surface area contributed by atoms with Crippen LogP contribution in [-0.2, 0) is 0 Å². The first-order valence-electron chi connectivity index (χ1n) is 11.2. The zero-order valence-electron chi connectivity index (χ0n) is 19.2. The molecule has 2 unspecified atom stereocenters. The molecule has 0 bridgehead atoms. The van der Waals surface area contributed by atoms with E-state index in [0.29, 0.717) is 23.3 Å². The Hall–Kier alpha value is -2.49. The fourth-order valence-electron chi connectivity index (χ4n) is 5.29. The van der Waals surface area contributed by atoms with Crippen molar-refractivity contribution in [1.82, 2.24) is 9.55 Å². The maximum absolute atomic E-state index is 5.63. The van der Waals surface area contributed by atoms with Gasteiger partial charge in [0.05, 0.1) is 12.6 Å². The van der Waals surface area contributed by atoms with Gasteiger partial charge in [-0.05, 0) is 66.3 Å². The number of aromatic nitrogens is 2. The molecule has 30 heavy (non-hydrogen) atoms. The Morgan fingerprint density at radius 2 is 1.83 bits per heavy atom. The number of methoxy groups -OCH3 is 1. The Morgan fingerprint density at radius 1 is 1.10 bits per heavy atom. The maximum atomic E-state index is 5.63. The van der Waals surface area contributed by atoms with E-state index < -0.39 is 0 Å². The van der Waals surface area contributed by atoms with Crippen LogP contribution >= 0.6 is 0 Å². The summed E-state index contributed by atoms with van der Waals surface area (Å²) in [5.74, 6) is 2.95. The van der Waals surface area contributed by atoms with Crippen LogP contribution in [0.25, 0.3) is 11.0 Å². The molecule has 1 N–H and O–H groups in total. The summed E-state index contributed by atoms with van der Waals surface area (Å²) in [6.07, 6.45) is 3.60. The van der Waals surface area contributed by atoms with E-state index in [-0.39, 0.29) is 0 Å². The van der Waals surface area contributed by atoms with Gasteiger partial charge in [-0.15, -0.1) is 0 Å². The van der Waals surface area contributed by atoms with Gasteiger partial charge in [-0.3, -0.25) is 0 Å². The van der Waals surface area contributed by atoms with Crippen LogP contribution in [0.2, 0.25) is 0 Å². The molecular formula is C26H35N3O. The molecule has 0 spiro atoms. The number of nitrogens with one attached hydrogen (secondary N) is 1. The van der Waals surface area contributed by atoms with Crippen LogP contribution in [0.4, 0.5) is 11.6 Å². The zero-order valence-corrected chi connectivity index (χ0v) is 19.2. The van der Waals surface area contributed by atoms with E-state index in [9.17, 15) is 0 Å². The van der Waals surface area contributed by atoms with Crippen molar-refractivity contribution in [2.45, 2.75) is 65.8 Å². The van der Waals surface area contributed by atoms with E-state index >= 15 is 0 Å². The molecule has 0 aliphatic heterocycles. The number of anilines is 2. The van der Waals surface area contributed by atoms with Crippen LogP contribution in [-0.4, -0.2) is 16.7 Å². The van der Waals surface area contributed by atoms with Gasteiger partial charge in [-0.2, -0.15) is 0 Å². The number of benzene rings is 2. The summed E-state index contributed by atoms with van der Waals surface area (Å²) < 4.78 is 8.06. The summed E-state index contributed by atoms with van der Waals surface area (Å²) in [7, 11) is 1.72. The minimum Gasteiger partial charge on any atom is -0.494 e. The summed E-state index contributed by atoms with van der Waals surface area (Å²) >= 11 is 0. The van der Waals surface area contributed by atoms with Crippen LogP contribution in [0.3, 0.4) is 0 Å². The normalized spacial score (nSPS) is 21.2. The first kappa shape index (κ1) is 20.8. The van der Waals surface area contributed by atoms with E-state index in [4.69, 9.17) is 9.72 Å². The number of hydrogen-bond acceptors (Lipinski definition) is 3. The summed E-state index contributed by atoms with van der Waals surface area (Å²) in [6.45, 7) is 11.6. The maximum Gasteiger partial charge on any atom is 0.208 e. The van der Waals surface area contributed by atoms with Crippen molar-refractivity contribution in [3.63, 3.8) is 0 Å². The van der Waals surface area contributed by atoms with Crippen molar-refractivity contribution in [2.75, 3.05) is 12.4 Å². The highest BCUT2D eigenvalue weighted by molar-refractivity contribution is 5.85. The number of nitrogens with zero attached hydrogens (tertiary/aromatic N) is 2. The van der Waals surface area contributed by atoms with Gasteiger partial charge in [0.2, 0.25) is 5.95 Å². The summed E-state index contributed by atoms with van der Waals surface area (Å²) in [6, 6.07) is 15.4. The average Bonchev–Trinajstić information content (AvgIpc) is 3.04. The SMILES string of the molecule is COc1cccc2c1nc(Nc1ccc(C(C)C)cc1)n2C1CC(C)CC(C)(C)C1. The minimum absolute atomic E-state index is 0.327. The predicted octanol–water partition coefficient (Wildman–Crippen LogP) is 7.30. The first-order chi connectivity index (χ1) is 14.3. The van der Waals surface area contributed by atoms with Gasteiger partial charge in [-0.1, -0.05) is 52.8 Å². The average molecular weight is 406 g/mol. The molecule has 4 nitrogen and oxygen atoms in total. The van der Waals surface area contributed by atoms with E-state index in [2.05, 4.69) is 80.9 Å². The van der Waals surface area contributed by atoms with Gasteiger partial charge >= 0.3 is 0 Å². The molecule has 160 valence electrons. The number of ether oxygens (including phenoxy) is 1. The van der Waals surface area contributed by atoms with Gasteiger partial charge in [0, 0.05) is 11.7 Å². The van der Waals surface area contributed by atoms with Crippen LogP contribution in [0.1, 0.15) is 71.4 Å². The number of hydrogen-bond donors (Lipinski definition) is 1. The number of rotatable bonds is 5.